The highest BCUT2D eigenvalue weighted by Crippen LogP contribution is 2.15. The first-order chi connectivity index (χ1) is 11.6. The number of rotatable bonds is 7. The van der Waals surface area contributed by atoms with Crippen molar-refractivity contribution < 1.29 is 4.21 Å². The van der Waals surface area contributed by atoms with E-state index in [2.05, 4.69) is 27.5 Å². The van der Waals surface area contributed by atoms with Crippen LogP contribution in [0.2, 0.25) is 0 Å². The number of hydrogen-bond donors (Lipinski definition) is 2. The predicted octanol–water partition coefficient (Wildman–Crippen LogP) is 2.99. The summed E-state index contributed by atoms with van der Waals surface area (Å²) in [6, 6.07) is 9.92. The third-order valence-corrected chi connectivity index (χ3v) is 5.88. The van der Waals surface area contributed by atoms with Gasteiger partial charge >= 0.3 is 0 Å². The highest BCUT2D eigenvalue weighted by Gasteiger charge is 2.06. The van der Waals surface area contributed by atoms with Crippen LogP contribution >= 0.6 is 35.3 Å². The number of nitrogens with zero attached hydrogens (tertiary/aromatic N) is 2. The number of guanidine groups is 1. The van der Waals surface area contributed by atoms with Crippen LogP contribution in [0.15, 0.2) is 35.3 Å². The van der Waals surface area contributed by atoms with Gasteiger partial charge in [0.2, 0.25) is 0 Å². The lowest BCUT2D eigenvalue weighted by Gasteiger charge is -2.10. The fourth-order valence-corrected chi connectivity index (χ4v) is 4.02. The zero-order chi connectivity index (χ0) is 17.4. The van der Waals surface area contributed by atoms with E-state index >= 15 is 0 Å². The summed E-state index contributed by atoms with van der Waals surface area (Å²) in [7, 11) is 0.846. The highest BCUT2D eigenvalue weighted by molar-refractivity contribution is 14.0. The van der Waals surface area contributed by atoms with Crippen LogP contribution < -0.4 is 10.6 Å². The minimum absolute atomic E-state index is 0. The Labute approximate surface area is 173 Å². The van der Waals surface area contributed by atoms with Gasteiger partial charge in [-0.25, -0.2) is 4.98 Å². The van der Waals surface area contributed by atoms with Gasteiger partial charge in [0.05, 0.1) is 12.2 Å². The fourth-order valence-electron chi connectivity index (χ4n) is 2.11. The third-order valence-electron chi connectivity index (χ3n) is 3.50. The molecular weight excluding hydrogens is 467 g/mol. The van der Waals surface area contributed by atoms with Gasteiger partial charge in [-0.05, 0) is 19.4 Å². The summed E-state index contributed by atoms with van der Waals surface area (Å²) in [6.45, 7) is 5.36. The molecule has 0 bridgehead atoms. The molecule has 1 aromatic carbocycles. The molecule has 2 N–H and O–H groups in total. The van der Waals surface area contributed by atoms with E-state index in [0.717, 1.165) is 16.3 Å². The van der Waals surface area contributed by atoms with Crippen LogP contribution in [0, 0.1) is 13.8 Å². The molecule has 0 aliphatic rings. The highest BCUT2D eigenvalue weighted by atomic mass is 127. The number of hydrogen-bond acceptors (Lipinski definition) is 4. The standard InChI is InChI=1S/C17H24N4OS2.HI/c1-13-14(2)23-16(21-13)11-20-17(18-3)19-9-10-24(22)12-15-7-5-4-6-8-15;/h4-8H,9-12H2,1-3H3,(H2,18,19,20);1H. The van der Waals surface area contributed by atoms with Gasteiger partial charge < -0.3 is 10.6 Å². The summed E-state index contributed by atoms with van der Waals surface area (Å²) in [5, 5.41) is 7.48. The van der Waals surface area contributed by atoms with Gasteiger partial charge in [-0.15, -0.1) is 35.3 Å². The number of halogens is 1. The van der Waals surface area contributed by atoms with Gasteiger partial charge in [-0.2, -0.15) is 0 Å². The van der Waals surface area contributed by atoms with Crippen molar-refractivity contribution in [3.8, 4) is 0 Å². The normalized spacial score (nSPS) is 12.4. The molecule has 1 heterocycles. The molecule has 1 aromatic heterocycles. The Morgan fingerprint density at radius 2 is 1.96 bits per heavy atom. The Balaban J connectivity index is 0.00000312. The number of thiazole rings is 1. The Hall–Kier alpha value is -1.00. The Morgan fingerprint density at radius 1 is 1.24 bits per heavy atom. The number of aliphatic imine (C=N–C) groups is 1. The molecule has 0 radical (unpaired) electrons. The van der Waals surface area contributed by atoms with Crippen LogP contribution in [0.4, 0.5) is 0 Å². The van der Waals surface area contributed by atoms with Crippen LogP contribution in [0.25, 0.3) is 0 Å². The van der Waals surface area contributed by atoms with Crippen LogP contribution in [-0.2, 0) is 23.1 Å². The molecule has 0 saturated heterocycles. The molecule has 8 heteroatoms. The van der Waals surface area contributed by atoms with E-state index < -0.39 is 10.8 Å². The number of benzene rings is 1. The summed E-state index contributed by atoms with van der Waals surface area (Å²) >= 11 is 1.69. The lowest BCUT2D eigenvalue weighted by molar-refractivity contribution is 0.680. The number of nitrogens with one attached hydrogen (secondary N) is 2. The van der Waals surface area contributed by atoms with Gasteiger partial charge in [-0.1, -0.05) is 30.3 Å². The van der Waals surface area contributed by atoms with E-state index in [1.165, 1.54) is 4.88 Å². The average Bonchev–Trinajstić information content (AvgIpc) is 2.90. The first kappa shape index (κ1) is 22.0. The zero-order valence-corrected chi connectivity index (χ0v) is 18.7. The van der Waals surface area contributed by atoms with E-state index in [4.69, 9.17) is 0 Å². The van der Waals surface area contributed by atoms with Crippen molar-refractivity contribution in [1.82, 2.24) is 15.6 Å². The summed E-state index contributed by atoms with van der Waals surface area (Å²) in [6.07, 6.45) is 0. The second kappa shape index (κ2) is 11.6. The Kier molecular flexibility index (Phi) is 10.2. The predicted molar refractivity (Wildman–Crippen MR) is 118 cm³/mol. The smallest absolute Gasteiger partial charge is 0.191 e. The van der Waals surface area contributed by atoms with Crippen LogP contribution in [0.1, 0.15) is 21.1 Å². The topological polar surface area (TPSA) is 66.4 Å². The summed E-state index contributed by atoms with van der Waals surface area (Å²) in [5.74, 6) is 1.88. The molecule has 25 heavy (non-hydrogen) atoms. The van der Waals surface area contributed by atoms with Crippen LogP contribution in [0.5, 0.6) is 0 Å². The molecule has 0 aliphatic carbocycles. The largest absolute Gasteiger partial charge is 0.355 e. The SMILES string of the molecule is CN=C(NCCS(=O)Cc1ccccc1)NCc1nc(C)c(C)s1.I. The average molecular weight is 492 g/mol. The maximum atomic E-state index is 12.1. The second-order valence-electron chi connectivity index (χ2n) is 5.38. The number of aromatic nitrogens is 1. The van der Waals surface area contributed by atoms with Crippen molar-refractivity contribution in [3.05, 3.63) is 51.5 Å². The molecule has 0 amide bonds. The maximum absolute atomic E-state index is 12.1. The van der Waals surface area contributed by atoms with Crippen molar-refractivity contribution in [2.75, 3.05) is 19.3 Å². The Bertz CT molecular complexity index is 684. The quantitative estimate of drug-likeness (QED) is 0.355. The van der Waals surface area contributed by atoms with Crippen molar-refractivity contribution in [3.63, 3.8) is 0 Å². The molecule has 1 unspecified atom stereocenters. The van der Waals surface area contributed by atoms with Crippen molar-refractivity contribution >= 4 is 52.1 Å². The van der Waals surface area contributed by atoms with E-state index in [-0.39, 0.29) is 24.0 Å². The first-order valence-corrected chi connectivity index (χ1v) is 10.1. The van der Waals surface area contributed by atoms with Gasteiger partial charge in [0.15, 0.2) is 5.96 Å². The van der Waals surface area contributed by atoms with Crippen molar-refractivity contribution in [2.24, 2.45) is 4.99 Å². The summed E-state index contributed by atoms with van der Waals surface area (Å²) < 4.78 is 12.1. The second-order valence-corrected chi connectivity index (χ2v) is 8.24. The molecule has 2 aromatic rings. The van der Waals surface area contributed by atoms with Gasteiger partial charge in [0.25, 0.3) is 0 Å². The molecule has 0 spiro atoms. The van der Waals surface area contributed by atoms with Gasteiger partial charge in [0, 0.05) is 40.8 Å². The van der Waals surface area contributed by atoms with Crippen molar-refractivity contribution in [1.29, 1.82) is 0 Å². The van der Waals surface area contributed by atoms with E-state index in [1.807, 2.05) is 37.3 Å². The van der Waals surface area contributed by atoms with E-state index in [0.29, 0.717) is 30.6 Å². The van der Waals surface area contributed by atoms with Crippen molar-refractivity contribution in [2.45, 2.75) is 26.1 Å². The van der Waals surface area contributed by atoms with Crippen LogP contribution in [0.3, 0.4) is 0 Å². The lowest BCUT2D eigenvalue weighted by Crippen LogP contribution is -2.38. The molecular formula is C17H25IN4OS2. The zero-order valence-electron chi connectivity index (χ0n) is 14.7. The summed E-state index contributed by atoms with van der Waals surface area (Å²) in [4.78, 5) is 9.92. The Morgan fingerprint density at radius 3 is 2.56 bits per heavy atom. The minimum Gasteiger partial charge on any atom is -0.355 e. The van der Waals surface area contributed by atoms with E-state index in [1.54, 1.807) is 18.4 Å². The molecule has 0 saturated carbocycles. The van der Waals surface area contributed by atoms with E-state index in [9.17, 15) is 4.21 Å². The molecule has 0 aliphatic heterocycles. The van der Waals surface area contributed by atoms with Gasteiger partial charge in [0.1, 0.15) is 5.01 Å². The molecule has 1 atom stereocenters. The molecule has 5 nitrogen and oxygen atoms in total. The maximum Gasteiger partial charge on any atom is 0.191 e. The number of aryl methyl sites for hydroxylation is 2. The third kappa shape index (κ3) is 7.83. The first-order valence-electron chi connectivity index (χ1n) is 7.85. The van der Waals surface area contributed by atoms with Gasteiger partial charge in [-0.3, -0.25) is 9.20 Å². The summed E-state index contributed by atoms with van der Waals surface area (Å²) in [5.41, 5.74) is 2.18. The molecule has 2 rings (SSSR count). The minimum atomic E-state index is -0.885. The molecule has 0 fully saturated rings. The lowest BCUT2D eigenvalue weighted by atomic mass is 10.2. The fraction of sp³-hybridized carbons (Fsp3) is 0.412. The van der Waals surface area contributed by atoms with Crippen LogP contribution in [-0.4, -0.2) is 34.5 Å². The monoisotopic (exact) mass is 492 g/mol. The molecule has 138 valence electrons.